The molecule has 2 aromatic carbocycles. The van der Waals surface area contributed by atoms with Crippen LogP contribution >= 0.6 is 0 Å². The maximum atomic E-state index is 6.12. The molecule has 24 heavy (non-hydrogen) atoms. The first kappa shape index (κ1) is 18.9. The van der Waals surface area contributed by atoms with Gasteiger partial charge in [-0.05, 0) is 34.7 Å². The Balaban J connectivity index is 2.11. The van der Waals surface area contributed by atoms with E-state index in [2.05, 4.69) is 82.1 Å². The molecule has 0 aliphatic rings. The molecule has 0 aliphatic heterocycles. The third-order valence-corrected chi connectivity index (χ3v) is 7.73. The zero-order chi connectivity index (χ0) is 17.5. The summed E-state index contributed by atoms with van der Waals surface area (Å²) in [4.78, 5) is 0. The zero-order valence-electron chi connectivity index (χ0n) is 15.5. The first-order valence-corrected chi connectivity index (χ1v) is 13.2. The Labute approximate surface area is 151 Å². The van der Waals surface area contributed by atoms with Gasteiger partial charge in [0.05, 0.1) is 8.80 Å². The first-order chi connectivity index (χ1) is 11.5. The van der Waals surface area contributed by atoms with Gasteiger partial charge in [0.15, 0.2) is 9.76 Å². The van der Waals surface area contributed by atoms with Gasteiger partial charge in [-0.1, -0.05) is 87.2 Å². The Bertz CT molecular complexity index is 658. The van der Waals surface area contributed by atoms with Crippen molar-refractivity contribution in [2.75, 3.05) is 0 Å². The minimum Gasteiger partial charge on any atom is -0.416 e. The molecule has 0 fully saturated rings. The summed E-state index contributed by atoms with van der Waals surface area (Å²) < 4.78 is 6.12. The van der Waals surface area contributed by atoms with Crippen LogP contribution in [0.3, 0.4) is 0 Å². The van der Waals surface area contributed by atoms with Crippen molar-refractivity contribution < 1.29 is 4.43 Å². The van der Waals surface area contributed by atoms with Crippen molar-refractivity contribution in [3.63, 3.8) is 0 Å². The SMILES string of the molecule is C=C(c1ccc([SiH](C)C)cc1)c1cccc([SiH2]OC(CC)CC)c1. The van der Waals surface area contributed by atoms with Gasteiger partial charge in [0.2, 0.25) is 0 Å². The molecule has 0 spiro atoms. The van der Waals surface area contributed by atoms with Gasteiger partial charge in [-0.25, -0.2) is 0 Å². The zero-order valence-corrected chi connectivity index (χ0v) is 18.1. The van der Waals surface area contributed by atoms with Crippen LogP contribution < -0.4 is 10.4 Å². The molecule has 0 N–H and O–H groups in total. The second-order valence-electron chi connectivity index (χ2n) is 6.71. The van der Waals surface area contributed by atoms with Crippen LogP contribution in [-0.2, 0) is 4.43 Å². The van der Waals surface area contributed by atoms with Crippen molar-refractivity contribution in [3.05, 3.63) is 66.2 Å². The Morgan fingerprint density at radius 2 is 1.71 bits per heavy atom. The topological polar surface area (TPSA) is 9.23 Å². The fourth-order valence-corrected chi connectivity index (χ4v) is 5.22. The van der Waals surface area contributed by atoms with E-state index >= 15 is 0 Å². The van der Waals surface area contributed by atoms with Crippen LogP contribution in [-0.4, -0.2) is 24.7 Å². The molecular formula is C21H30OSi2. The lowest BCUT2D eigenvalue weighted by atomic mass is 10.00. The largest absolute Gasteiger partial charge is 0.416 e. The van der Waals surface area contributed by atoms with E-state index in [1.165, 1.54) is 21.5 Å². The molecule has 0 aliphatic carbocycles. The molecule has 0 unspecified atom stereocenters. The highest BCUT2D eigenvalue weighted by atomic mass is 28.3. The lowest BCUT2D eigenvalue weighted by molar-refractivity contribution is 0.206. The summed E-state index contributed by atoms with van der Waals surface area (Å²) in [5, 5.41) is 2.86. The van der Waals surface area contributed by atoms with Crippen LogP contribution in [0.4, 0.5) is 0 Å². The van der Waals surface area contributed by atoms with Crippen molar-refractivity contribution >= 4 is 34.5 Å². The van der Waals surface area contributed by atoms with Crippen LogP contribution in [0.5, 0.6) is 0 Å². The smallest absolute Gasteiger partial charge is 0.192 e. The van der Waals surface area contributed by atoms with Gasteiger partial charge in [-0.2, -0.15) is 0 Å². The van der Waals surface area contributed by atoms with Gasteiger partial charge < -0.3 is 4.43 Å². The van der Waals surface area contributed by atoms with E-state index in [1.807, 2.05) is 0 Å². The van der Waals surface area contributed by atoms with Crippen LogP contribution in [0, 0.1) is 0 Å². The maximum absolute atomic E-state index is 6.12. The van der Waals surface area contributed by atoms with Gasteiger partial charge in [0.25, 0.3) is 0 Å². The highest BCUT2D eigenvalue weighted by molar-refractivity contribution is 6.70. The second kappa shape index (κ2) is 9.16. The molecule has 128 valence electrons. The maximum Gasteiger partial charge on any atom is 0.192 e. The standard InChI is InChI=1S/C21H30OSi2/c1-6-19(7-2)22-23-20-10-8-9-18(15-20)16(3)17-11-13-21(14-12-17)24(4)5/h8-15,19,24H,3,6-7,23H2,1-2,4-5H3. The van der Waals surface area contributed by atoms with Crippen molar-refractivity contribution in [2.45, 2.75) is 45.9 Å². The summed E-state index contributed by atoms with van der Waals surface area (Å²) in [6.07, 6.45) is 2.61. The van der Waals surface area contributed by atoms with E-state index in [4.69, 9.17) is 4.43 Å². The summed E-state index contributed by atoms with van der Waals surface area (Å²) in [7, 11) is -1.40. The molecule has 0 atom stereocenters. The minimum absolute atomic E-state index is 0.413. The Morgan fingerprint density at radius 3 is 2.29 bits per heavy atom. The monoisotopic (exact) mass is 354 g/mol. The Kier molecular flexibility index (Phi) is 7.22. The van der Waals surface area contributed by atoms with Crippen molar-refractivity contribution in [2.24, 2.45) is 0 Å². The fraction of sp³-hybridized carbons (Fsp3) is 0.333. The van der Waals surface area contributed by atoms with Crippen LogP contribution in [0.25, 0.3) is 5.57 Å². The average molecular weight is 355 g/mol. The lowest BCUT2D eigenvalue weighted by Crippen LogP contribution is -2.23. The average Bonchev–Trinajstić information content (AvgIpc) is 2.62. The Morgan fingerprint density at radius 1 is 1.04 bits per heavy atom. The molecule has 3 heteroatoms. The third-order valence-electron chi connectivity index (χ3n) is 4.60. The highest BCUT2D eigenvalue weighted by Gasteiger charge is 2.08. The molecular weight excluding hydrogens is 324 g/mol. The van der Waals surface area contributed by atoms with E-state index in [0.717, 1.165) is 18.4 Å². The van der Waals surface area contributed by atoms with E-state index < -0.39 is 18.6 Å². The van der Waals surface area contributed by atoms with Gasteiger partial charge >= 0.3 is 0 Å². The molecule has 0 bridgehead atoms. The van der Waals surface area contributed by atoms with Crippen molar-refractivity contribution in [1.29, 1.82) is 0 Å². The first-order valence-electron chi connectivity index (χ1n) is 9.05. The van der Waals surface area contributed by atoms with Gasteiger partial charge in [-0.15, -0.1) is 0 Å². The molecule has 0 saturated carbocycles. The van der Waals surface area contributed by atoms with Crippen LogP contribution in [0.1, 0.15) is 37.8 Å². The quantitative estimate of drug-likeness (QED) is 0.661. The summed E-state index contributed by atoms with van der Waals surface area (Å²) in [5.41, 5.74) is 3.53. The normalized spacial score (nSPS) is 11.8. The molecule has 1 nitrogen and oxygen atoms in total. The summed E-state index contributed by atoms with van der Waals surface area (Å²) in [6, 6.07) is 17.7. The minimum atomic E-state index is -0.729. The van der Waals surface area contributed by atoms with E-state index in [-0.39, 0.29) is 0 Å². The number of hydrogen-bond donors (Lipinski definition) is 0. The molecule has 2 rings (SSSR count). The highest BCUT2D eigenvalue weighted by Crippen LogP contribution is 2.20. The molecule has 0 amide bonds. The van der Waals surface area contributed by atoms with Gasteiger partial charge in [0, 0.05) is 6.10 Å². The third kappa shape index (κ3) is 5.03. The van der Waals surface area contributed by atoms with Crippen LogP contribution in [0.2, 0.25) is 13.1 Å². The molecule has 2 aromatic rings. The summed E-state index contributed by atoms with van der Waals surface area (Å²) in [5.74, 6) is 0. The predicted octanol–water partition coefficient (Wildman–Crippen LogP) is 3.36. The van der Waals surface area contributed by atoms with Gasteiger partial charge in [-0.3, -0.25) is 0 Å². The number of hydrogen-bond acceptors (Lipinski definition) is 1. The van der Waals surface area contributed by atoms with Crippen molar-refractivity contribution in [3.8, 4) is 0 Å². The summed E-state index contributed by atoms with van der Waals surface area (Å²) in [6.45, 7) is 13.4. The van der Waals surface area contributed by atoms with E-state index in [1.54, 1.807) is 0 Å². The predicted molar refractivity (Wildman–Crippen MR) is 113 cm³/mol. The van der Waals surface area contributed by atoms with Crippen LogP contribution in [0.15, 0.2) is 55.1 Å². The number of rotatable bonds is 8. The Hall–Kier alpha value is -1.43. The molecule has 0 aromatic heterocycles. The van der Waals surface area contributed by atoms with Gasteiger partial charge in [0.1, 0.15) is 0 Å². The van der Waals surface area contributed by atoms with Crippen molar-refractivity contribution in [1.82, 2.24) is 0 Å². The molecule has 0 saturated heterocycles. The van der Waals surface area contributed by atoms with E-state index in [0.29, 0.717) is 6.10 Å². The summed E-state index contributed by atoms with van der Waals surface area (Å²) >= 11 is 0. The number of benzene rings is 2. The fourth-order valence-electron chi connectivity index (χ4n) is 2.82. The molecule has 0 heterocycles. The lowest BCUT2D eigenvalue weighted by Gasteiger charge is -2.15. The van der Waals surface area contributed by atoms with E-state index in [9.17, 15) is 0 Å². The molecule has 0 radical (unpaired) electrons. The second-order valence-corrected chi connectivity index (χ2v) is 11.1.